The fraction of sp³-hybridized carbons (Fsp3) is 1.00. The Morgan fingerprint density at radius 3 is 1.14 bits per heavy atom. The fourth-order valence-corrected chi connectivity index (χ4v) is 1.50. The van der Waals surface area contributed by atoms with Crippen molar-refractivity contribution < 1.29 is 11.3 Å². The summed E-state index contributed by atoms with van der Waals surface area (Å²) < 4.78 is 14.4. The van der Waals surface area contributed by atoms with Gasteiger partial charge in [0, 0.05) is 0 Å². The van der Waals surface area contributed by atoms with Gasteiger partial charge in [0.15, 0.2) is 0 Å². The second-order valence-corrected chi connectivity index (χ2v) is 5.17. The van der Waals surface area contributed by atoms with E-state index in [0.717, 1.165) is 0 Å². The molecule has 4 heteroatoms. The molecule has 0 fully saturated rings. The van der Waals surface area contributed by atoms with Gasteiger partial charge in [-0.05, 0) is 0 Å². The van der Waals surface area contributed by atoms with Crippen molar-refractivity contribution in [2.45, 2.75) is 0 Å². The topological polar surface area (TPSA) is 27.7 Å². The summed E-state index contributed by atoms with van der Waals surface area (Å²) in [7, 11) is 4.78. The van der Waals surface area contributed by atoms with E-state index in [0.29, 0.717) is 0 Å². The molecule has 0 atom stereocenters. The minimum atomic E-state index is -2.08. The van der Waals surface area contributed by atoms with Crippen molar-refractivity contribution >= 4 is 15.4 Å². The molecule has 0 saturated carbocycles. The Bertz CT molecular complexity index is 31.7. The molecule has 0 amide bonds. The molecule has 3 nitrogen and oxygen atoms in total. The molecule has 0 unspecified atom stereocenters. The first-order valence-corrected chi connectivity index (χ1v) is 4.90. The van der Waals surface area contributed by atoms with Gasteiger partial charge >= 0.3 is 48.0 Å². The molecule has 0 N–H and O–H groups in total. The maximum atomic E-state index is 4.79. The second-order valence-electron chi connectivity index (χ2n) is 0.996. The van der Waals surface area contributed by atoms with Gasteiger partial charge in [-0.1, -0.05) is 0 Å². The van der Waals surface area contributed by atoms with E-state index in [2.05, 4.69) is 0 Å². The number of rotatable bonds is 3. The second kappa shape index (κ2) is 4.58. The van der Waals surface area contributed by atoms with E-state index in [1.54, 1.807) is 21.3 Å². The summed E-state index contributed by atoms with van der Waals surface area (Å²) in [6.45, 7) is 0. The van der Waals surface area contributed by atoms with Crippen LogP contribution < -0.4 is 0 Å². The molecule has 0 radical (unpaired) electrons. The van der Waals surface area contributed by atoms with Crippen LogP contribution in [0.25, 0.3) is 0 Å². The van der Waals surface area contributed by atoms with E-state index >= 15 is 0 Å². The standard InChI is InChI=1S/C3H10GeO3/c1-5-4(6-2)7-3/h4H,1-3H3. The molecule has 0 rings (SSSR count). The van der Waals surface area contributed by atoms with Crippen molar-refractivity contribution in [3.63, 3.8) is 0 Å². The quantitative estimate of drug-likeness (QED) is 0.537. The molecule has 44 valence electrons. The van der Waals surface area contributed by atoms with Crippen LogP contribution in [0.2, 0.25) is 0 Å². The summed E-state index contributed by atoms with van der Waals surface area (Å²) in [6, 6.07) is 0. The van der Waals surface area contributed by atoms with E-state index in [9.17, 15) is 0 Å². The molecule has 0 aromatic rings. The van der Waals surface area contributed by atoms with Gasteiger partial charge in [0.2, 0.25) is 0 Å². The van der Waals surface area contributed by atoms with Crippen LogP contribution >= 0.6 is 0 Å². The van der Waals surface area contributed by atoms with Crippen molar-refractivity contribution in [3.8, 4) is 0 Å². The van der Waals surface area contributed by atoms with Crippen molar-refractivity contribution in [1.82, 2.24) is 0 Å². The Morgan fingerprint density at radius 1 is 0.857 bits per heavy atom. The Labute approximate surface area is 48.7 Å². The molecule has 0 aromatic heterocycles. The molecular formula is C3H10GeO3. The summed E-state index contributed by atoms with van der Waals surface area (Å²) in [4.78, 5) is 0. The van der Waals surface area contributed by atoms with E-state index in [4.69, 9.17) is 11.3 Å². The van der Waals surface area contributed by atoms with Crippen LogP contribution in [-0.4, -0.2) is 36.7 Å². The SMILES string of the molecule is C[O][GeH]([O]C)[O]C. The van der Waals surface area contributed by atoms with Crippen LogP contribution in [0.15, 0.2) is 0 Å². The molecule has 0 aliphatic carbocycles. The zero-order chi connectivity index (χ0) is 5.70. The predicted octanol–water partition coefficient (Wildman–Crippen LogP) is -0.357. The normalized spacial score (nSPS) is 10.3. The van der Waals surface area contributed by atoms with Crippen LogP contribution in [0, 0.1) is 0 Å². The zero-order valence-electron chi connectivity index (χ0n) is 4.80. The first-order valence-electron chi connectivity index (χ1n) is 1.93. The van der Waals surface area contributed by atoms with Gasteiger partial charge in [-0.2, -0.15) is 0 Å². The summed E-state index contributed by atoms with van der Waals surface area (Å²) in [6.07, 6.45) is 0. The van der Waals surface area contributed by atoms with Crippen molar-refractivity contribution in [3.05, 3.63) is 0 Å². The zero-order valence-corrected chi connectivity index (χ0v) is 7.22. The van der Waals surface area contributed by atoms with Gasteiger partial charge in [0.25, 0.3) is 0 Å². The molecule has 0 spiro atoms. The van der Waals surface area contributed by atoms with Crippen molar-refractivity contribution in [2.24, 2.45) is 0 Å². The average molecular weight is 167 g/mol. The third-order valence-corrected chi connectivity index (χ3v) is 3.00. The Hall–Kier alpha value is 0.423. The van der Waals surface area contributed by atoms with E-state index in [-0.39, 0.29) is 0 Å². The maximum absolute atomic E-state index is 4.79. The van der Waals surface area contributed by atoms with Gasteiger partial charge in [0.05, 0.1) is 0 Å². The summed E-state index contributed by atoms with van der Waals surface area (Å²) >= 11 is -2.08. The monoisotopic (exact) mass is 168 g/mol. The molecule has 0 aromatic carbocycles. The van der Waals surface area contributed by atoms with E-state index in [1.165, 1.54) is 0 Å². The van der Waals surface area contributed by atoms with Crippen molar-refractivity contribution in [2.75, 3.05) is 21.3 Å². The Balaban J connectivity index is 2.99. The van der Waals surface area contributed by atoms with E-state index in [1.807, 2.05) is 0 Å². The third-order valence-electron chi connectivity index (χ3n) is 0.577. The number of hydrogen-bond acceptors (Lipinski definition) is 3. The van der Waals surface area contributed by atoms with Gasteiger partial charge in [-0.25, -0.2) is 0 Å². The van der Waals surface area contributed by atoms with Crippen LogP contribution in [-0.2, 0) is 11.3 Å². The molecule has 0 aliphatic rings. The Kier molecular flexibility index (Phi) is 4.86. The van der Waals surface area contributed by atoms with E-state index < -0.39 is 15.4 Å². The predicted molar refractivity (Wildman–Crippen MR) is 28.2 cm³/mol. The summed E-state index contributed by atoms with van der Waals surface area (Å²) in [5.41, 5.74) is 0. The molecule has 0 bridgehead atoms. The first kappa shape index (κ1) is 7.42. The van der Waals surface area contributed by atoms with Crippen LogP contribution in [0.5, 0.6) is 0 Å². The average Bonchev–Trinajstić information content (AvgIpc) is 1.72. The van der Waals surface area contributed by atoms with Gasteiger partial charge in [0.1, 0.15) is 0 Å². The molecule has 0 aliphatic heterocycles. The third kappa shape index (κ3) is 3.05. The fourth-order valence-electron chi connectivity index (χ4n) is 0.289. The van der Waals surface area contributed by atoms with Gasteiger partial charge in [-0.3, -0.25) is 0 Å². The van der Waals surface area contributed by atoms with Gasteiger partial charge in [-0.15, -0.1) is 0 Å². The summed E-state index contributed by atoms with van der Waals surface area (Å²) in [5.74, 6) is 0. The molecule has 7 heavy (non-hydrogen) atoms. The van der Waals surface area contributed by atoms with Crippen LogP contribution in [0.3, 0.4) is 0 Å². The van der Waals surface area contributed by atoms with Gasteiger partial charge < -0.3 is 0 Å². The van der Waals surface area contributed by atoms with Crippen LogP contribution in [0.4, 0.5) is 0 Å². The number of hydrogen-bond donors (Lipinski definition) is 0. The van der Waals surface area contributed by atoms with Crippen molar-refractivity contribution in [1.29, 1.82) is 0 Å². The molecule has 0 saturated heterocycles. The molecule has 0 heterocycles. The first-order chi connectivity index (χ1) is 3.35. The minimum absolute atomic E-state index is 1.59. The van der Waals surface area contributed by atoms with Crippen LogP contribution in [0.1, 0.15) is 0 Å². The Morgan fingerprint density at radius 2 is 1.14 bits per heavy atom. The summed E-state index contributed by atoms with van der Waals surface area (Å²) in [5, 5.41) is 0. The molecular weight excluding hydrogens is 157 g/mol.